The molecule has 0 spiro atoms. The van der Waals surface area contributed by atoms with Gasteiger partial charge in [-0.15, -0.1) is 12.6 Å². The van der Waals surface area contributed by atoms with Crippen LogP contribution < -0.4 is 21.6 Å². The minimum absolute atomic E-state index is 0.0481. The van der Waals surface area contributed by atoms with Crippen LogP contribution in [-0.4, -0.2) is 70.7 Å². The quantitative estimate of drug-likeness (QED) is 0.325. The van der Waals surface area contributed by atoms with Crippen LogP contribution in [0.4, 0.5) is 5.82 Å². The number of halogens is 1. The van der Waals surface area contributed by atoms with E-state index in [9.17, 15) is 13.2 Å². The molecular weight excluding hydrogens is 498 g/mol. The zero-order chi connectivity index (χ0) is 25.2. The molecule has 10 nitrogen and oxygen atoms in total. The first-order valence-corrected chi connectivity index (χ1v) is 12.8. The van der Waals surface area contributed by atoms with Crippen molar-refractivity contribution in [3.8, 4) is 0 Å². The molecule has 2 aromatic rings. The van der Waals surface area contributed by atoms with Crippen LogP contribution in [0, 0.1) is 5.92 Å². The molecule has 3 heterocycles. The molecule has 0 unspecified atom stereocenters. The first-order chi connectivity index (χ1) is 15.9. The molecule has 184 valence electrons. The molecule has 2 aromatic heterocycles. The van der Waals surface area contributed by atoms with E-state index in [4.69, 9.17) is 17.3 Å². The zero-order valence-electron chi connectivity index (χ0n) is 19.0. The van der Waals surface area contributed by atoms with Crippen LogP contribution >= 0.6 is 24.2 Å². The van der Waals surface area contributed by atoms with Crippen LogP contribution in [0.1, 0.15) is 19.7 Å². The second-order valence-electron chi connectivity index (χ2n) is 8.34. The first kappa shape index (κ1) is 26.4. The van der Waals surface area contributed by atoms with E-state index in [0.29, 0.717) is 59.8 Å². The van der Waals surface area contributed by atoms with Crippen LogP contribution in [-0.2, 0) is 21.4 Å². The van der Waals surface area contributed by atoms with Crippen LogP contribution in [0.25, 0.3) is 13.2 Å². The van der Waals surface area contributed by atoms with Crippen LogP contribution in [0.3, 0.4) is 0 Å². The van der Waals surface area contributed by atoms with Gasteiger partial charge in [0.05, 0.1) is 11.9 Å². The number of hydrogen-bond donors (Lipinski definition) is 3. The number of anilines is 1. The highest BCUT2D eigenvalue weighted by molar-refractivity contribution is 7.89. The normalized spacial score (nSPS) is 16.5. The minimum Gasteiger partial charge on any atom is -0.368 e. The average Bonchev–Trinajstić information content (AvgIpc) is 2.76. The third-order valence-electron chi connectivity index (χ3n) is 5.53. The molecule has 0 aromatic carbocycles. The molecule has 1 fully saturated rings. The van der Waals surface area contributed by atoms with Crippen LogP contribution in [0.5, 0.6) is 0 Å². The summed E-state index contributed by atoms with van der Waals surface area (Å²) in [5.41, 5.74) is 5.51. The molecule has 1 amide bonds. The molecule has 3 N–H and O–H groups in total. The average molecular weight is 526 g/mol. The van der Waals surface area contributed by atoms with E-state index >= 15 is 0 Å². The molecule has 0 bridgehead atoms. The lowest BCUT2D eigenvalue weighted by molar-refractivity contribution is -0.119. The lowest BCUT2D eigenvalue weighted by Crippen LogP contribution is -2.48. The molecule has 3 rings (SSSR count). The van der Waals surface area contributed by atoms with Crippen molar-refractivity contribution in [1.29, 1.82) is 0 Å². The van der Waals surface area contributed by atoms with E-state index in [0.717, 1.165) is 0 Å². The number of primary amides is 1. The highest BCUT2D eigenvalue weighted by Gasteiger charge is 2.29. The molecule has 0 radical (unpaired) electrons. The predicted octanol–water partition coefficient (Wildman–Crippen LogP) is 0.0626. The number of piperazine rings is 1. The summed E-state index contributed by atoms with van der Waals surface area (Å²) in [5, 5.41) is 4.15. The number of carbonyl (C=O) groups is 1. The fraction of sp³-hybridized carbons (Fsp3) is 0.429. The number of aromatic nitrogens is 3. The molecule has 0 aliphatic carbocycles. The molecular formula is C21H28ClN7O3S2. The summed E-state index contributed by atoms with van der Waals surface area (Å²) in [6, 6.07) is 0.784. The van der Waals surface area contributed by atoms with Gasteiger partial charge in [-0.1, -0.05) is 38.6 Å². The lowest BCUT2D eigenvalue weighted by atomic mass is 10.0. The Morgan fingerprint density at radius 1 is 1.26 bits per heavy atom. The van der Waals surface area contributed by atoms with Gasteiger partial charge in [-0.25, -0.2) is 23.4 Å². The molecule has 13 heteroatoms. The summed E-state index contributed by atoms with van der Waals surface area (Å²) < 4.78 is 27.3. The SMILES string of the molecule is C=c1nc(CN2CCN(S(=O)(=O)c3cnc(Cl)c(S)c3)CC2)nc(N[C@H](C(N)=O)C(C)C)c1=C. The number of thiol groups is 1. The summed E-state index contributed by atoms with van der Waals surface area (Å²) in [5.74, 6) is 0.364. The summed E-state index contributed by atoms with van der Waals surface area (Å²) in [6.07, 6.45) is 1.23. The number of amides is 1. The monoisotopic (exact) mass is 525 g/mol. The summed E-state index contributed by atoms with van der Waals surface area (Å²) in [4.78, 5) is 27.0. The maximum atomic E-state index is 13.0. The van der Waals surface area contributed by atoms with Crippen molar-refractivity contribution in [2.75, 3.05) is 31.5 Å². The van der Waals surface area contributed by atoms with E-state index in [2.05, 4.69) is 46.1 Å². The van der Waals surface area contributed by atoms with Crippen molar-refractivity contribution in [3.63, 3.8) is 0 Å². The number of nitrogens with two attached hydrogens (primary N) is 1. The summed E-state index contributed by atoms with van der Waals surface area (Å²) >= 11 is 10.0. The molecule has 1 atom stereocenters. The maximum absolute atomic E-state index is 13.0. The zero-order valence-corrected chi connectivity index (χ0v) is 21.5. The standard InChI is InChI=1S/C21H28ClN7O3S2/c1-12(2)18(20(23)30)27-21-13(3)14(4)25-17(26-21)11-28-5-7-29(8-6-28)34(31,32)15-9-16(33)19(22)24-10-15/h9-10,12,18,33H,3-8,11H2,1-2H3,(H2,23,30)(H,25,26,27)/t18-/m0/s1. The second kappa shape index (κ2) is 10.6. The van der Waals surface area contributed by atoms with Gasteiger partial charge in [0.2, 0.25) is 15.9 Å². The predicted molar refractivity (Wildman–Crippen MR) is 134 cm³/mol. The van der Waals surface area contributed by atoms with Crippen LogP contribution in [0.2, 0.25) is 5.15 Å². The van der Waals surface area contributed by atoms with E-state index in [1.165, 1.54) is 16.6 Å². The Morgan fingerprint density at radius 3 is 2.47 bits per heavy atom. The highest BCUT2D eigenvalue weighted by atomic mass is 35.5. The number of hydrogen-bond acceptors (Lipinski definition) is 9. The van der Waals surface area contributed by atoms with E-state index in [1.807, 2.05) is 18.7 Å². The Morgan fingerprint density at radius 2 is 1.91 bits per heavy atom. The second-order valence-corrected chi connectivity index (χ2v) is 11.1. The molecule has 1 aliphatic rings. The Bertz CT molecular complexity index is 1280. The lowest BCUT2D eigenvalue weighted by Gasteiger charge is -2.33. The number of pyridine rings is 1. The first-order valence-electron chi connectivity index (χ1n) is 10.6. The third-order valence-corrected chi connectivity index (χ3v) is 8.17. The van der Waals surface area contributed by atoms with Gasteiger partial charge < -0.3 is 11.1 Å². The highest BCUT2D eigenvalue weighted by Crippen LogP contribution is 2.24. The van der Waals surface area contributed by atoms with Crippen molar-refractivity contribution in [2.45, 2.75) is 36.2 Å². The van der Waals surface area contributed by atoms with Gasteiger partial charge in [-0.2, -0.15) is 4.31 Å². The van der Waals surface area contributed by atoms with Gasteiger partial charge in [0.1, 0.15) is 27.7 Å². The number of nitrogens with zero attached hydrogens (tertiary/aromatic N) is 5. The smallest absolute Gasteiger partial charge is 0.244 e. The Hall–Kier alpha value is -2.25. The maximum Gasteiger partial charge on any atom is 0.244 e. The van der Waals surface area contributed by atoms with Crippen molar-refractivity contribution in [1.82, 2.24) is 24.2 Å². The Kier molecular flexibility index (Phi) is 8.19. The van der Waals surface area contributed by atoms with E-state index in [1.54, 1.807) is 0 Å². The fourth-order valence-corrected chi connectivity index (χ4v) is 5.30. The minimum atomic E-state index is -3.71. The number of nitrogens with one attached hydrogen (secondary N) is 1. The summed E-state index contributed by atoms with van der Waals surface area (Å²) in [6.45, 7) is 13.6. The van der Waals surface area contributed by atoms with Crippen molar-refractivity contribution in [2.24, 2.45) is 11.7 Å². The largest absolute Gasteiger partial charge is 0.368 e. The summed E-state index contributed by atoms with van der Waals surface area (Å²) in [7, 11) is -3.71. The number of carbonyl (C=O) groups excluding carboxylic acids is 1. The van der Waals surface area contributed by atoms with Gasteiger partial charge in [0, 0.05) is 42.5 Å². The van der Waals surface area contributed by atoms with Crippen LogP contribution in [0.15, 0.2) is 22.1 Å². The van der Waals surface area contributed by atoms with Gasteiger partial charge in [0.15, 0.2) is 0 Å². The molecule has 1 saturated heterocycles. The fourth-order valence-electron chi connectivity index (χ4n) is 3.52. The van der Waals surface area contributed by atoms with Crippen molar-refractivity contribution in [3.05, 3.63) is 33.8 Å². The van der Waals surface area contributed by atoms with Gasteiger partial charge in [-0.3, -0.25) is 9.69 Å². The Labute approximate surface area is 209 Å². The van der Waals surface area contributed by atoms with Gasteiger partial charge >= 0.3 is 0 Å². The third kappa shape index (κ3) is 5.87. The topological polar surface area (TPSA) is 134 Å². The van der Waals surface area contributed by atoms with E-state index in [-0.39, 0.29) is 16.0 Å². The van der Waals surface area contributed by atoms with E-state index < -0.39 is 22.0 Å². The Balaban J connectivity index is 1.71. The number of rotatable bonds is 8. The number of sulfonamides is 1. The molecule has 0 saturated carbocycles. The molecule has 34 heavy (non-hydrogen) atoms. The van der Waals surface area contributed by atoms with Gasteiger partial charge in [-0.05, 0) is 12.0 Å². The van der Waals surface area contributed by atoms with Gasteiger partial charge in [0.25, 0.3) is 0 Å². The van der Waals surface area contributed by atoms with Crippen molar-refractivity contribution < 1.29 is 13.2 Å². The molecule has 1 aliphatic heterocycles. The van der Waals surface area contributed by atoms with Crippen molar-refractivity contribution >= 4 is 59.1 Å².